The molecule has 1 aliphatic heterocycles. The summed E-state index contributed by atoms with van der Waals surface area (Å²) in [5, 5.41) is 3.33. The Morgan fingerprint density at radius 3 is 2.93 bits per heavy atom. The first-order valence-electron chi connectivity index (χ1n) is 4.14. The Morgan fingerprint density at radius 2 is 2.29 bits per heavy atom. The van der Waals surface area contributed by atoms with Crippen LogP contribution in [0.3, 0.4) is 0 Å². The first-order valence-corrected chi connectivity index (χ1v) is 5.92. The van der Waals surface area contributed by atoms with Crippen molar-refractivity contribution in [2.75, 3.05) is 11.1 Å². The van der Waals surface area contributed by atoms with Crippen molar-refractivity contribution in [3.8, 4) is 0 Å². The fourth-order valence-electron chi connectivity index (χ4n) is 1.20. The Balaban J connectivity index is 2.11. The molecule has 72 valence electrons. The van der Waals surface area contributed by atoms with E-state index in [0.29, 0.717) is 0 Å². The third-order valence-electron chi connectivity index (χ3n) is 1.79. The van der Waals surface area contributed by atoms with Gasteiger partial charge in [0.25, 0.3) is 0 Å². The van der Waals surface area contributed by atoms with E-state index in [4.69, 9.17) is 0 Å². The highest BCUT2D eigenvalue weighted by Gasteiger charge is 2.12. The van der Waals surface area contributed by atoms with Crippen LogP contribution in [0, 0.1) is 0 Å². The minimum atomic E-state index is 0.127. The summed E-state index contributed by atoms with van der Waals surface area (Å²) in [7, 11) is 0. The Bertz CT molecular complexity index is 403. The highest BCUT2D eigenvalue weighted by molar-refractivity contribution is 9.10. The summed E-state index contributed by atoms with van der Waals surface area (Å²) in [6.07, 6.45) is 1.64. The van der Waals surface area contributed by atoms with Crippen molar-refractivity contribution in [3.05, 3.63) is 40.5 Å². The molecule has 4 heteroatoms. The first kappa shape index (κ1) is 9.80. The number of hydrogen-bond acceptors (Lipinski definition) is 3. The summed E-state index contributed by atoms with van der Waals surface area (Å²) in [6.45, 7) is 0. The molecule has 0 aromatic heterocycles. The van der Waals surface area contributed by atoms with E-state index in [1.165, 1.54) is 11.8 Å². The van der Waals surface area contributed by atoms with Gasteiger partial charge in [0.15, 0.2) is 0 Å². The Kier molecular flexibility index (Phi) is 2.93. The minimum Gasteiger partial charge on any atom is -0.358 e. The largest absolute Gasteiger partial charge is 0.358 e. The van der Waals surface area contributed by atoms with Crippen molar-refractivity contribution >= 4 is 38.5 Å². The first-order chi connectivity index (χ1) is 6.74. The van der Waals surface area contributed by atoms with E-state index in [9.17, 15) is 4.79 Å². The second kappa shape index (κ2) is 4.19. The number of halogens is 1. The molecular weight excluding hydrogens is 262 g/mol. The quantitative estimate of drug-likeness (QED) is 0.895. The van der Waals surface area contributed by atoms with E-state index < -0.39 is 0 Å². The molecule has 0 saturated carbocycles. The van der Waals surface area contributed by atoms with Crippen LogP contribution in [0.2, 0.25) is 0 Å². The molecule has 0 unspecified atom stereocenters. The zero-order valence-corrected chi connectivity index (χ0v) is 9.69. The number of benzene rings is 1. The fraction of sp³-hybridized carbons (Fsp3) is 0.100. The van der Waals surface area contributed by atoms with Gasteiger partial charge in [-0.2, -0.15) is 0 Å². The fourth-order valence-corrected chi connectivity index (χ4v) is 2.28. The number of hydrogen-bond donors (Lipinski definition) is 1. The van der Waals surface area contributed by atoms with Gasteiger partial charge >= 0.3 is 0 Å². The molecule has 0 amide bonds. The average Bonchev–Trinajstić information content (AvgIpc) is 2.51. The van der Waals surface area contributed by atoms with Gasteiger partial charge in [-0.05, 0) is 18.2 Å². The summed E-state index contributed by atoms with van der Waals surface area (Å²) in [4.78, 5) is 10.9. The van der Waals surface area contributed by atoms with Crippen LogP contribution in [0.25, 0.3) is 0 Å². The van der Waals surface area contributed by atoms with Crippen LogP contribution in [0.1, 0.15) is 0 Å². The van der Waals surface area contributed by atoms with E-state index in [0.717, 1.165) is 21.6 Å². The van der Waals surface area contributed by atoms with Crippen LogP contribution in [-0.2, 0) is 4.79 Å². The van der Waals surface area contributed by atoms with E-state index in [1.807, 2.05) is 24.3 Å². The van der Waals surface area contributed by atoms with Crippen LogP contribution in [0.4, 0.5) is 5.69 Å². The van der Waals surface area contributed by atoms with Gasteiger partial charge in [-0.25, -0.2) is 0 Å². The molecule has 0 radical (unpaired) electrons. The summed E-state index contributed by atoms with van der Waals surface area (Å²) in [5.74, 6) is 0.741. The predicted molar refractivity (Wildman–Crippen MR) is 63.3 cm³/mol. The molecule has 1 aromatic rings. The predicted octanol–water partition coefficient (Wildman–Crippen LogP) is 3.02. The van der Waals surface area contributed by atoms with Gasteiger partial charge in [0.2, 0.25) is 5.12 Å². The molecule has 0 saturated heterocycles. The smallest absolute Gasteiger partial charge is 0.214 e. The SMILES string of the molecule is O=C1C=C(Nc2cccc(Br)c2)CS1. The van der Waals surface area contributed by atoms with E-state index in [1.54, 1.807) is 6.08 Å². The molecule has 0 fully saturated rings. The average molecular weight is 270 g/mol. The third kappa shape index (κ3) is 2.39. The maximum Gasteiger partial charge on any atom is 0.214 e. The highest BCUT2D eigenvalue weighted by atomic mass is 79.9. The van der Waals surface area contributed by atoms with Crippen LogP contribution < -0.4 is 5.32 Å². The van der Waals surface area contributed by atoms with Gasteiger partial charge in [0.05, 0.1) is 0 Å². The normalized spacial score (nSPS) is 15.5. The lowest BCUT2D eigenvalue weighted by atomic mass is 10.3. The number of thioether (sulfide) groups is 1. The lowest BCUT2D eigenvalue weighted by Gasteiger charge is -2.05. The molecule has 14 heavy (non-hydrogen) atoms. The molecule has 0 bridgehead atoms. The van der Waals surface area contributed by atoms with Crippen molar-refractivity contribution in [2.45, 2.75) is 0 Å². The van der Waals surface area contributed by atoms with Gasteiger partial charge in [0, 0.05) is 27.7 Å². The molecule has 1 aromatic carbocycles. The summed E-state index contributed by atoms with van der Waals surface area (Å²) in [6, 6.07) is 7.87. The van der Waals surface area contributed by atoms with Crippen molar-refractivity contribution in [3.63, 3.8) is 0 Å². The van der Waals surface area contributed by atoms with E-state index in [2.05, 4.69) is 21.2 Å². The highest BCUT2D eigenvalue weighted by Crippen LogP contribution is 2.22. The summed E-state index contributed by atoms with van der Waals surface area (Å²) in [5.41, 5.74) is 1.97. The standard InChI is InChI=1S/C10H8BrNOS/c11-7-2-1-3-8(4-7)12-9-5-10(13)14-6-9/h1-5,12H,6H2. The number of anilines is 1. The van der Waals surface area contributed by atoms with Crippen molar-refractivity contribution in [1.82, 2.24) is 0 Å². The zero-order valence-electron chi connectivity index (χ0n) is 7.29. The van der Waals surface area contributed by atoms with E-state index >= 15 is 0 Å². The van der Waals surface area contributed by atoms with Gasteiger partial charge in [0.1, 0.15) is 0 Å². The lowest BCUT2D eigenvalue weighted by Crippen LogP contribution is -1.98. The molecule has 0 atom stereocenters. The van der Waals surface area contributed by atoms with Crippen molar-refractivity contribution in [2.24, 2.45) is 0 Å². The molecule has 0 aliphatic carbocycles. The summed E-state index contributed by atoms with van der Waals surface area (Å²) >= 11 is 4.71. The van der Waals surface area contributed by atoms with Gasteiger partial charge in [-0.3, -0.25) is 4.79 Å². The summed E-state index contributed by atoms with van der Waals surface area (Å²) < 4.78 is 1.03. The molecule has 2 nitrogen and oxygen atoms in total. The number of carbonyl (C=O) groups excluding carboxylic acids is 1. The Labute approximate surface area is 94.9 Å². The third-order valence-corrected chi connectivity index (χ3v) is 3.14. The lowest BCUT2D eigenvalue weighted by molar-refractivity contribution is -0.106. The second-order valence-corrected chi connectivity index (χ2v) is 4.81. The van der Waals surface area contributed by atoms with Gasteiger partial charge in [-0.15, -0.1) is 0 Å². The Hall–Kier alpha value is -0.740. The number of carbonyl (C=O) groups is 1. The maximum atomic E-state index is 10.9. The topological polar surface area (TPSA) is 29.1 Å². The van der Waals surface area contributed by atoms with Crippen LogP contribution in [0.5, 0.6) is 0 Å². The molecule has 1 N–H and O–H groups in total. The number of nitrogens with one attached hydrogen (secondary N) is 1. The van der Waals surface area contributed by atoms with Crippen LogP contribution >= 0.6 is 27.7 Å². The minimum absolute atomic E-state index is 0.127. The second-order valence-electron chi connectivity index (χ2n) is 2.91. The van der Waals surface area contributed by atoms with Crippen molar-refractivity contribution < 1.29 is 4.79 Å². The molecule has 1 heterocycles. The molecular formula is C10H8BrNOS. The Morgan fingerprint density at radius 1 is 1.43 bits per heavy atom. The van der Waals surface area contributed by atoms with E-state index in [-0.39, 0.29) is 5.12 Å². The van der Waals surface area contributed by atoms with Gasteiger partial charge in [-0.1, -0.05) is 33.8 Å². The van der Waals surface area contributed by atoms with Crippen LogP contribution in [-0.4, -0.2) is 10.9 Å². The molecule has 2 rings (SSSR count). The van der Waals surface area contributed by atoms with Crippen LogP contribution in [0.15, 0.2) is 40.5 Å². The monoisotopic (exact) mass is 269 g/mol. The maximum absolute atomic E-state index is 10.9. The number of rotatable bonds is 2. The van der Waals surface area contributed by atoms with Gasteiger partial charge < -0.3 is 5.32 Å². The van der Waals surface area contributed by atoms with Crippen molar-refractivity contribution in [1.29, 1.82) is 0 Å². The molecule has 0 spiro atoms. The zero-order chi connectivity index (χ0) is 9.97. The molecule has 1 aliphatic rings.